The molecule has 192 valence electrons. The minimum absolute atomic E-state index is 0.00104. The molecular formula is C25H30ClN5O4S. The van der Waals surface area contributed by atoms with Gasteiger partial charge in [0, 0.05) is 24.3 Å². The Hall–Kier alpha value is -2.61. The molecule has 0 spiro atoms. The van der Waals surface area contributed by atoms with Crippen LogP contribution in [0.2, 0.25) is 5.02 Å². The van der Waals surface area contributed by atoms with Crippen LogP contribution in [0.3, 0.4) is 0 Å². The molecule has 1 N–H and O–H groups in total. The summed E-state index contributed by atoms with van der Waals surface area (Å²) in [4.78, 5) is 15.5. The summed E-state index contributed by atoms with van der Waals surface area (Å²) in [5.74, 6) is -0.00104. The molecule has 2 saturated carbocycles. The van der Waals surface area contributed by atoms with Crippen LogP contribution in [0.5, 0.6) is 0 Å². The number of hydrogen-bond donors (Lipinski definition) is 1. The molecule has 0 unspecified atom stereocenters. The summed E-state index contributed by atoms with van der Waals surface area (Å²) in [5.41, 5.74) is 1.79. The average Bonchev–Trinajstić information content (AvgIpc) is 3.72. The first-order valence-electron chi connectivity index (χ1n) is 12.5. The highest BCUT2D eigenvalue weighted by Gasteiger charge is 2.37. The molecule has 0 bridgehead atoms. The van der Waals surface area contributed by atoms with Gasteiger partial charge in [0.2, 0.25) is 0 Å². The van der Waals surface area contributed by atoms with Crippen molar-refractivity contribution >= 4 is 32.8 Å². The van der Waals surface area contributed by atoms with E-state index in [0.29, 0.717) is 23.3 Å². The lowest BCUT2D eigenvalue weighted by molar-refractivity contribution is 0.140. The van der Waals surface area contributed by atoms with Crippen LogP contribution in [0.1, 0.15) is 50.1 Å². The third-order valence-corrected chi connectivity index (χ3v) is 9.85. The molecule has 36 heavy (non-hydrogen) atoms. The Balaban J connectivity index is 1.24. The Kier molecular flexibility index (Phi) is 7.24. The molecule has 1 aliphatic heterocycles. The van der Waals surface area contributed by atoms with E-state index in [1.165, 1.54) is 23.7 Å². The van der Waals surface area contributed by atoms with Crippen molar-refractivity contribution in [2.75, 3.05) is 35.7 Å². The molecule has 2 aromatic rings. The van der Waals surface area contributed by atoms with Crippen LogP contribution in [0.4, 0.5) is 11.4 Å². The molecule has 1 atom stereocenters. The third-order valence-electron chi connectivity index (χ3n) is 7.43. The van der Waals surface area contributed by atoms with Crippen molar-refractivity contribution in [1.82, 2.24) is 9.78 Å². The zero-order chi connectivity index (χ0) is 25.3. The summed E-state index contributed by atoms with van der Waals surface area (Å²) < 4.78 is 31.2. The van der Waals surface area contributed by atoms with Crippen LogP contribution in [0.25, 0.3) is 0 Å². The van der Waals surface area contributed by atoms with Crippen LogP contribution in [-0.4, -0.2) is 61.0 Å². The molecule has 11 heteroatoms. The predicted octanol–water partition coefficient (Wildman–Crippen LogP) is 3.15. The Morgan fingerprint density at radius 3 is 2.42 bits per heavy atom. The highest BCUT2D eigenvalue weighted by Crippen LogP contribution is 2.39. The fourth-order valence-electron chi connectivity index (χ4n) is 5.26. The molecule has 3 aliphatic rings. The van der Waals surface area contributed by atoms with Gasteiger partial charge in [0.1, 0.15) is 10.3 Å². The lowest BCUT2D eigenvalue weighted by atomic mass is 9.89. The van der Waals surface area contributed by atoms with Crippen molar-refractivity contribution in [1.29, 1.82) is 5.26 Å². The maximum absolute atomic E-state index is 13.0. The van der Waals surface area contributed by atoms with E-state index in [4.69, 9.17) is 21.6 Å². The van der Waals surface area contributed by atoms with Gasteiger partial charge < -0.3 is 15.0 Å². The normalized spacial score (nSPS) is 25.6. The van der Waals surface area contributed by atoms with Gasteiger partial charge in [0.05, 0.1) is 48.5 Å². The topological polar surface area (TPSA) is 117 Å². The summed E-state index contributed by atoms with van der Waals surface area (Å²) in [6, 6.07) is 10.9. The number of benzene rings is 1. The van der Waals surface area contributed by atoms with Crippen molar-refractivity contribution in [3.05, 3.63) is 51.4 Å². The molecule has 1 aromatic heterocycles. The van der Waals surface area contributed by atoms with Gasteiger partial charge in [-0.05, 0) is 62.8 Å². The summed E-state index contributed by atoms with van der Waals surface area (Å²) in [5, 5.41) is 15.8. The molecule has 2 heterocycles. The van der Waals surface area contributed by atoms with Crippen LogP contribution in [-0.2, 0) is 14.6 Å². The Labute approximate surface area is 215 Å². The number of anilines is 2. The van der Waals surface area contributed by atoms with Gasteiger partial charge in [-0.3, -0.25) is 4.79 Å². The molecule has 0 radical (unpaired) electrons. The minimum atomic E-state index is -3.23. The highest BCUT2D eigenvalue weighted by atomic mass is 35.5. The first kappa shape index (κ1) is 25.1. The van der Waals surface area contributed by atoms with Crippen molar-refractivity contribution in [2.24, 2.45) is 0 Å². The van der Waals surface area contributed by atoms with Crippen LogP contribution >= 0.6 is 11.6 Å². The maximum Gasteiger partial charge on any atom is 0.287 e. The summed E-state index contributed by atoms with van der Waals surface area (Å²) >= 11 is 6.39. The fraction of sp³-hybridized carbons (Fsp3) is 0.560. The highest BCUT2D eigenvalue weighted by molar-refractivity contribution is 7.92. The second-order valence-corrected chi connectivity index (χ2v) is 12.6. The van der Waals surface area contributed by atoms with Gasteiger partial charge in [-0.25, -0.2) is 13.1 Å². The van der Waals surface area contributed by atoms with E-state index < -0.39 is 15.1 Å². The van der Waals surface area contributed by atoms with Crippen molar-refractivity contribution < 1.29 is 13.2 Å². The maximum atomic E-state index is 13.0. The van der Waals surface area contributed by atoms with Gasteiger partial charge in [0.25, 0.3) is 5.56 Å². The first-order valence-corrected chi connectivity index (χ1v) is 14.6. The number of aromatic nitrogens is 2. The molecule has 5 rings (SSSR count). The quantitative estimate of drug-likeness (QED) is 0.579. The summed E-state index contributed by atoms with van der Waals surface area (Å²) in [6.07, 6.45) is 7.38. The number of nitriles is 1. The van der Waals surface area contributed by atoms with E-state index >= 15 is 0 Å². The van der Waals surface area contributed by atoms with E-state index in [-0.39, 0.29) is 42.1 Å². The number of rotatable bonds is 7. The smallest absolute Gasteiger partial charge is 0.287 e. The molecule has 1 saturated heterocycles. The van der Waals surface area contributed by atoms with E-state index in [0.717, 1.165) is 31.4 Å². The summed E-state index contributed by atoms with van der Waals surface area (Å²) in [6.45, 7) is 0.455. The molecule has 3 fully saturated rings. The fourth-order valence-corrected chi connectivity index (χ4v) is 6.79. The molecule has 2 aliphatic carbocycles. The largest absolute Gasteiger partial charge is 0.381 e. The zero-order valence-corrected chi connectivity index (χ0v) is 21.5. The van der Waals surface area contributed by atoms with Crippen molar-refractivity contribution in [2.45, 2.75) is 61.9 Å². The number of halogens is 1. The van der Waals surface area contributed by atoms with Gasteiger partial charge in [-0.2, -0.15) is 10.4 Å². The second-order valence-electron chi connectivity index (χ2n) is 9.83. The average molecular weight is 532 g/mol. The van der Waals surface area contributed by atoms with Crippen LogP contribution in [0, 0.1) is 11.3 Å². The van der Waals surface area contributed by atoms with E-state index in [1.807, 2.05) is 24.3 Å². The lowest BCUT2D eigenvalue weighted by Crippen LogP contribution is -2.42. The van der Waals surface area contributed by atoms with Crippen LogP contribution < -0.4 is 15.8 Å². The molecule has 9 nitrogen and oxygen atoms in total. The molecular weight excluding hydrogens is 502 g/mol. The number of nitrogens with one attached hydrogen (secondary N) is 1. The first-order chi connectivity index (χ1) is 17.4. The minimum Gasteiger partial charge on any atom is -0.381 e. The summed E-state index contributed by atoms with van der Waals surface area (Å²) in [7, 11) is -3.23. The number of sulfone groups is 1. The van der Waals surface area contributed by atoms with E-state index in [1.54, 1.807) is 0 Å². The standard InChI is InChI=1S/C25H30ClN5O4S/c26-24-23(28-14-22-16-35-11-12-36(22,33)34)15-29-31(25(24)32)21-9-7-20(8-10-21)30(19-5-6-19)18-3-1-17(13-27)2-4-18/h1-4,15,19-22,28H,5-12,14,16H2/t20?,21?,22-/m0/s1. The van der Waals surface area contributed by atoms with Crippen LogP contribution in [0.15, 0.2) is 35.3 Å². The molecule has 0 amide bonds. The number of hydrogen-bond acceptors (Lipinski definition) is 8. The van der Waals surface area contributed by atoms with Gasteiger partial charge in [0.15, 0.2) is 9.84 Å². The van der Waals surface area contributed by atoms with E-state index in [9.17, 15) is 13.2 Å². The zero-order valence-electron chi connectivity index (χ0n) is 20.0. The Bertz CT molecular complexity index is 1300. The Morgan fingerprint density at radius 2 is 1.81 bits per heavy atom. The third kappa shape index (κ3) is 5.24. The second kappa shape index (κ2) is 10.4. The SMILES string of the molecule is N#Cc1ccc(N(C2CC2)C2CCC(n3ncc(NC[C@H]4COCCS4(=O)=O)c(Cl)c3=O)CC2)cc1. The lowest BCUT2D eigenvalue weighted by Gasteiger charge is -2.39. The van der Waals surface area contributed by atoms with Crippen molar-refractivity contribution in [3.63, 3.8) is 0 Å². The van der Waals surface area contributed by atoms with Gasteiger partial charge >= 0.3 is 0 Å². The number of nitrogens with zero attached hydrogens (tertiary/aromatic N) is 4. The van der Waals surface area contributed by atoms with Gasteiger partial charge in [-0.15, -0.1) is 0 Å². The Morgan fingerprint density at radius 1 is 1.14 bits per heavy atom. The van der Waals surface area contributed by atoms with Crippen molar-refractivity contribution in [3.8, 4) is 6.07 Å². The van der Waals surface area contributed by atoms with E-state index in [2.05, 4.69) is 21.4 Å². The predicted molar refractivity (Wildman–Crippen MR) is 138 cm³/mol. The molecule has 1 aromatic carbocycles. The monoisotopic (exact) mass is 531 g/mol. The number of ether oxygens (including phenoxy) is 1. The van der Waals surface area contributed by atoms with Gasteiger partial charge in [-0.1, -0.05) is 11.6 Å².